The van der Waals surface area contributed by atoms with Gasteiger partial charge in [0.1, 0.15) is 5.78 Å². The molecule has 0 radical (unpaired) electrons. The van der Waals surface area contributed by atoms with Gasteiger partial charge >= 0.3 is 0 Å². The van der Waals surface area contributed by atoms with E-state index in [9.17, 15) is 4.79 Å². The summed E-state index contributed by atoms with van der Waals surface area (Å²) in [5.74, 6) is 0.330. The smallest absolute Gasteiger partial charge is 0.144 e. The molecule has 1 aromatic heterocycles. The minimum atomic E-state index is 0.0613. The molecule has 1 aliphatic rings. The first kappa shape index (κ1) is 13.7. The minimum absolute atomic E-state index is 0.0613. The lowest BCUT2D eigenvalue weighted by molar-refractivity contribution is -0.126. The quantitative estimate of drug-likeness (QED) is 0.857. The number of hydrogen-bond donors (Lipinski definition) is 0. The second-order valence-electron chi connectivity index (χ2n) is 4.72. The van der Waals surface area contributed by atoms with Crippen molar-refractivity contribution >= 4 is 21.7 Å². The molecule has 100 valence electrons. The van der Waals surface area contributed by atoms with Crippen molar-refractivity contribution in [3.63, 3.8) is 0 Å². The van der Waals surface area contributed by atoms with Crippen LogP contribution in [0.1, 0.15) is 31.2 Å². The van der Waals surface area contributed by atoms with Crippen molar-refractivity contribution in [2.75, 3.05) is 13.2 Å². The van der Waals surface area contributed by atoms with Gasteiger partial charge in [-0.1, -0.05) is 0 Å². The third-order valence-electron chi connectivity index (χ3n) is 3.41. The summed E-state index contributed by atoms with van der Waals surface area (Å²) < 4.78 is 8.25. The number of Topliss-reactive ketones (excluding diaryl/α,β-unsaturated/α-hetero) is 1. The molecule has 1 saturated heterocycles. The Morgan fingerprint density at radius 2 is 2.39 bits per heavy atom. The lowest BCUT2D eigenvalue weighted by Crippen LogP contribution is -2.27. The predicted molar refractivity (Wildman–Crippen MR) is 72.6 cm³/mol. The van der Waals surface area contributed by atoms with Gasteiger partial charge in [-0.15, -0.1) is 0 Å². The van der Waals surface area contributed by atoms with Gasteiger partial charge in [-0.2, -0.15) is 5.10 Å². The summed E-state index contributed by atoms with van der Waals surface area (Å²) in [6.45, 7) is 6.15. The fourth-order valence-electron chi connectivity index (χ4n) is 2.34. The van der Waals surface area contributed by atoms with Crippen LogP contribution in [0.5, 0.6) is 0 Å². The number of ketones is 1. The lowest BCUT2D eigenvalue weighted by Gasteiger charge is -2.21. The van der Waals surface area contributed by atoms with Gasteiger partial charge in [0.05, 0.1) is 22.5 Å². The molecule has 0 saturated carbocycles. The fourth-order valence-corrected chi connectivity index (χ4v) is 2.77. The zero-order chi connectivity index (χ0) is 13.1. The average molecular weight is 315 g/mol. The van der Waals surface area contributed by atoms with Gasteiger partial charge in [-0.05, 0) is 42.6 Å². The van der Waals surface area contributed by atoms with Gasteiger partial charge in [0.15, 0.2) is 0 Å². The Morgan fingerprint density at radius 3 is 3.00 bits per heavy atom. The lowest BCUT2D eigenvalue weighted by atomic mass is 9.94. The molecule has 2 rings (SSSR count). The summed E-state index contributed by atoms with van der Waals surface area (Å²) in [6, 6.07) is 0. The molecule has 1 aromatic rings. The number of aryl methyl sites for hydroxylation is 2. The van der Waals surface area contributed by atoms with Crippen LogP contribution < -0.4 is 0 Å². The van der Waals surface area contributed by atoms with E-state index in [0.29, 0.717) is 13.0 Å². The first-order chi connectivity index (χ1) is 8.63. The highest BCUT2D eigenvalue weighted by molar-refractivity contribution is 9.10. The van der Waals surface area contributed by atoms with Crippen molar-refractivity contribution in [3.8, 4) is 0 Å². The number of nitrogens with zero attached hydrogens (tertiary/aromatic N) is 2. The molecule has 0 aromatic carbocycles. The van der Waals surface area contributed by atoms with E-state index >= 15 is 0 Å². The van der Waals surface area contributed by atoms with Crippen LogP contribution in [0.15, 0.2) is 4.47 Å². The first-order valence-corrected chi connectivity index (χ1v) is 7.25. The maximum absolute atomic E-state index is 12.3. The molecule has 5 heteroatoms. The first-order valence-electron chi connectivity index (χ1n) is 6.45. The summed E-state index contributed by atoms with van der Waals surface area (Å²) in [4.78, 5) is 12.3. The van der Waals surface area contributed by atoms with E-state index < -0.39 is 0 Å². The highest BCUT2D eigenvalue weighted by atomic mass is 79.9. The third-order valence-corrected chi connectivity index (χ3v) is 4.44. The predicted octanol–water partition coefficient (Wildman–Crippen LogP) is 2.51. The molecule has 0 aliphatic carbocycles. The highest BCUT2D eigenvalue weighted by Crippen LogP contribution is 2.24. The maximum Gasteiger partial charge on any atom is 0.144 e. The number of aromatic nitrogens is 2. The number of hydrogen-bond acceptors (Lipinski definition) is 3. The summed E-state index contributed by atoms with van der Waals surface area (Å²) in [5, 5.41) is 4.41. The van der Waals surface area contributed by atoms with E-state index in [1.54, 1.807) is 0 Å². The molecule has 0 spiro atoms. The van der Waals surface area contributed by atoms with E-state index in [1.165, 1.54) is 0 Å². The number of ether oxygens (including phenoxy) is 1. The topological polar surface area (TPSA) is 44.1 Å². The molecule has 1 unspecified atom stereocenters. The van der Waals surface area contributed by atoms with E-state index in [4.69, 9.17) is 4.74 Å². The Balaban J connectivity index is 2.10. The molecule has 1 aliphatic heterocycles. The third kappa shape index (κ3) is 2.83. The van der Waals surface area contributed by atoms with Gasteiger partial charge in [0.25, 0.3) is 0 Å². The molecular weight excluding hydrogens is 296 g/mol. The normalized spacial score (nSPS) is 20.1. The Hall–Kier alpha value is -0.680. The maximum atomic E-state index is 12.3. The molecule has 4 nitrogen and oxygen atoms in total. The second-order valence-corrected chi connectivity index (χ2v) is 5.51. The van der Waals surface area contributed by atoms with Gasteiger partial charge < -0.3 is 4.74 Å². The van der Waals surface area contributed by atoms with Gasteiger partial charge in [-0.25, -0.2) is 0 Å². The van der Waals surface area contributed by atoms with Crippen LogP contribution in [0, 0.1) is 12.8 Å². The van der Waals surface area contributed by atoms with Crippen LogP contribution >= 0.6 is 15.9 Å². The molecular formula is C13H19BrN2O2. The van der Waals surface area contributed by atoms with Crippen LogP contribution in [-0.4, -0.2) is 28.8 Å². The zero-order valence-corrected chi connectivity index (χ0v) is 12.5. The van der Waals surface area contributed by atoms with Crippen LogP contribution in [0.25, 0.3) is 0 Å². The Bertz CT molecular complexity index is 436. The van der Waals surface area contributed by atoms with Gasteiger partial charge in [0.2, 0.25) is 0 Å². The van der Waals surface area contributed by atoms with E-state index in [-0.39, 0.29) is 11.7 Å². The number of rotatable bonds is 4. The molecule has 0 bridgehead atoms. The molecule has 1 fully saturated rings. The second kappa shape index (κ2) is 5.97. The van der Waals surface area contributed by atoms with Gasteiger partial charge in [0, 0.05) is 25.5 Å². The monoisotopic (exact) mass is 314 g/mol. The molecule has 18 heavy (non-hydrogen) atoms. The van der Waals surface area contributed by atoms with E-state index in [0.717, 1.165) is 41.9 Å². The van der Waals surface area contributed by atoms with Crippen LogP contribution in [0.2, 0.25) is 0 Å². The largest absolute Gasteiger partial charge is 0.381 e. The Labute approximate surface area is 116 Å². The highest BCUT2D eigenvalue weighted by Gasteiger charge is 2.24. The van der Waals surface area contributed by atoms with Crippen molar-refractivity contribution in [3.05, 3.63) is 15.9 Å². The zero-order valence-electron chi connectivity index (χ0n) is 10.9. The van der Waals surface area contributed by atoms with E-state index in [1.807, 2.05) is 18.5 Å². The summed E-state index contributed by atoms with van der Waals surface area (Å²) in [6.07, 6.45) is 2.39. The SMILES string of the molecule is CCn1nc(C)c(Br)c1CC(=O)C1CCCOC1. The molecule has 2 heterocycles. The van der Waals surface area contributed by atoms with Crippen molar-refractivity contribution in [2.24, 2.45) is 5.92 Å². The summed E-state index contributed by atoms with van der Waals surface area (Å²) in [7, 11) is 0. The van der Waals surface area contributed by atoms with Crippen LogP contribution in [0.4, 0.5) is 0 Å². The minimum Gasteiger partial charge on any atom is -0.381 e. The van der Waals surface area contributed by atoms with Crippen molar-refractivity contribution in [2.45, 2.75) is 39.7 Å². The Morgan fingerprint density at radius 1 is 1.61 bits per heavy atom. The molecule has 0 N–H and O–H groups in total. The fraction of sp³-hybridized carbons (Fsp3) is 0.692. The van der Waals surface area contributed by atoms with Crippen LogP contribution in [-0.2, 0) is 22.5 Å². The summed E-state index contributed by atoms with van der Waals surface area (Å²) >= 11 is 3.53. The number of carbonyl (C=O) groups excluding carboxylic acids is 1. The Kier molecular flexibility index (Phi) is 4.56. The van der Waals surface area contributed by atoms with Crippen molar-refractivity contribution in [1.82, 2.24) is 9.78 Å². The molecule has 0 amide bonds. The van der Waals surface area contributed by atoms with Crippen molar-refractivity contribution < 1.29 is 9.53 Å². The van der Waals surface area contributed by atoms with E-state index in [2.05, 4.69) is 21.0 Å². The van der Waals surface area contributed by atoms with Crippen molar-refractivity contribution in [1.29, 1.82) is 0 Å². The van der Waals surface area contributed by atoms with Crippen LogP contribution in [0.3, 0.4) is 0 Å². The number of carbonyl (C=O) groups is 1. The summed E-state index contributed by atoms with van der Waals surface area (Å²) in [5.41, 5.74) is 1.94. The average Bonchev–Trinajstić information content (AvgIpc) is 2.67. The number of halogens is 1. The van der Waals surface area contributed by atoms with Gasteiger partial charge in [-0.3, -0.25) is 9.48 Å². The standard InChI is InChI=1S/C13H19BrN2O2/c1-3-16-11(13(14)9(2)15-16)7-12(17)10-5-4-6-18-8-10/h10H,3-8H2,1-2H3. The molecule has 1 atom stereocenters.